The van der Waals surface area contributed by atoms with Crippen LogP contribution in [0.15, 0.2) is 24.5 Å². The second-order valence-electron chi connectivity index (χ2n) is 3.88. The summed E-state index contributed by atoms with van der Waals surface area (Å²) in [6.45, 7) is 2.10. The van der Waals surface area contributed by atoms with Gasteiger partial charge in [-0.25, -0.2) is 9.97 Å². The van der Waals surface area contributed by atoms with E-state index in [1.807, 2.05) is 0 Å². The van der Waals surface area contributed by atoms with E-state index in [0.717, 1.165) is 24.1 Å². The lowest BCUT2D eigenvalue weighted by Gasteiger charge is -2.07. The predicted octanol–water partition coefficient (Wildman–Crippen LogP) is 3.88. The third kappa shape index (κ3) is 2.79. The van der Waals surface area contributed by atoms with Gasteiger partial charge in [0.25, 0.3) is 0 Å². The second-order valence-corrected chi connectivity index (χ2v) is 4.56. The van der Waals surface area contributed by atoms with E-state index in [4.69, 9.17) is 23.2 Å². The van der Waals surface area contributed by atoms with Crippen molar-refractivity contribution in [3.05, 3.63) is 40.8 Å². The highest BCUT2D eigenvalue weighted by molar-refractivity contribution is 6.32. The molecule has 2 aromatic heterocycles. The van der Waals surface area contributed by atoms with Crippen LogP contribution in [0.2, 0.25) is 5.02 Å². The van der Waals surface area contributed by atoms with Crippen molar-refractivity contribution in [3.63, 3.8) is 0 Å². The Kier molecular flexibility index (Phi) is 4.50. The molecule has 0 unspecified atom stereocenters. The molecule has 0 amide bonds. The Bertz CT molecular complexity index is 544. The number of aryl methyl sites for hydroxylation is 1. The van der Waals surface area contributed by atoms with Gasteiger partial charge < -0.3 is 0 Å². The van der Waals surface area contributed by atoms with Crippen molar-refractivity contribution in [2.75, 3.05) is 0 Å². The largest absolute Gasteiger partial charge is 0.251 e. The van der Waals surface area contributed by atoms with Crippen molar-refractivity contribution in [2.45, 2.75) is 25.6 Å². The van der Waals surface area contributed by atoms with Gasteiger partial charge in [0.2, 0.25) is 0 Å². The van der Waals surface area contributed by atoms with Gasteiger partial charge in [-0.2, -0.15) is 0 Å². The lowest BCUT2D eigenvalue weighted by atomic mass is 10.1. The normalized spacial score (nSPS) is 10.6. The number of alkyl halides is 1. The molecule has 5 heteroatoms. The van der Waals surface area contributed by atoms with Crippen LogP contribution in [0, 0.1) is 0 Å². The molecule has 0 spiro atoms. The van der Waals surface area contributed by atoms with Crippen molar-refractivity contribution in [1.82, 2.24) is 15.0 Å². The van der Waals surface area contributed by atoms with Crippen molar-refractivity contribution in [1.29, 1.82) is 0 Å². The molecule has 0 atom stereocenters. The van der Waals surface area contributed by atoms with Gasteiger partial charge in [0.05, 0.1) is 10.9 Å². The van der Waals surface area contributed by atoms with E-state index in [1.54, 1.807) is 24.5 Å². The number of pyridine rings is 1. The zero-order chi connectivity index (χ0) is 13.0. The van der Waals surface area contributed by atoms with Gasteiger partial charge >= 0.3 is 0 Å². The molecule has 0 aliphatic rings. The molecule has 0 saturated carbocycles. The topological polar surface area (TPSA) is 38.7 Å². The van der Waals surface area contributed by atoms with Crippen LogP contribution >= 0.6 is 23.2 Å². The zero-order valence-corrected chi connectivity index (χ0v) is 11.5. The highest BCUT2D eigenvalue weighted by atomic mass is 35.5. The quantitative estimate of drug-likeness (QED) is 0.799. The molecule has 2 aromatic rings. The number of hydrogen-bond acceptors (Lipinski definition) is 3. The molecule has 3 nitrogen and oxygen atoms in total. The minimum Gasteiger partial charge on any atom is -0.251 e. The second kappa shape index (κ2) is 6.12. The maximum Gasteiger partial charge on any atom is 0.179 e. The van der Waals surface area contributed by atoms with E-state index in [2.05, 4.69) is 21.9 Å². The summed E-state index contributed by atoms with van der Waals surface area (Å²) in [5.41, 5.74) is 2.55. The SMILES string of the molecule is CCCc1nc(-c2ncccc2Cl)ncc1CCl. The first-order chi connectivity index (χ1) is 8.76. The molecule has 0 N–H and O–H groups in total. The maximum absolute atomic E-state index is 6.09. The van der Waals surface area contributed by atoms with Crippen LogP contribution < -0.4 is 0 Å². The van der Waals surface area contributed by atoms with Gasteiger partial charge in [0, 0.05) is 23.7 Å². The summed E-state index contributed by atoms with van der Waals surface area (Å²) < 4.78 is 0. The summed E-state index contributed by atoms with van der Waals surface area (Å²) in [6.07, 6.45) is 5.32. The Hall–Kier alpha value is -1.19. The van der Waals surface area contributed by atoms with Crippen molar-refractivity contribution >= 4 is 23.2 Å². The molecule has 0 radical (unpaired) electrons. The van der Waals surface area contributed by atoms with Crippen LogP contribution in [-0.4, -0.2) is 15.0 Å². The summed E-state index contributed by atoms with van der Waals surface area (Å²) in [4.78, 5) is 13.0. The Balaban J connectivity index is 2.47. The first-order valence-corrected chi connectivity index (χ1v) is 6.69. The molecule has 0 fully saturated rings. The van der Waals surface area contributed by atoms with Crippen LogP contribution in [0.1, 0.15) is 24.6 Å². The average Bonchev–Trinajstić information content (AvgIpc) is 2.40. The van der Waals surface area contributed by atoms with E-state index in [0.29, 0.717) is 22.4 Å². The van der Waals surface area contributed by atoms with Crippen molar-refractivity contribution < 1.29 is 0 Å². The van der Waals surface area contributed by atoms with Crippen LogP contribution in [-0.2, 0) is 12.3 Å². The van der Waals surface area contributed by atoms with E-state index in [9.17, 15) is 0 Å². The van der Waals surface area contributed by atoms with Crippen molar-refractivity contribution in [2.24, 2.45) is 0 Å². The minimum absolute atomic E-state index is 0.422. The predicted molar refractivity (Wildman–Crippen MR) is 73.8 cm³/mol. The maximum atomic E-state index is 6.09. The van der Waals surface area contributed by atoms with E-state index in [1.165, 1.54) is 0 Å². The summed E-state index contributed by atoms with van der Waals surface area (Å²) in [5.74, 6) is 0.976. The summed E-state index contributed by atoms with van der Waals surface area (Å²) in [6, 6.07) is 3.56. The number of hydrogen-bond donors (Lipinski definition) is 0. The third-order valence-electron chi connectivity index (χ3n) is 2.56. The van der Waals surface area contributed by atoms with E-state index in [-0.39, 0.29) is 0 Å². The molecule has 2 rings (SSSR count). The molecule has 0 aliphatic heterocycles. The van der Waals surface area contributed by atoms with E-state index >= 15 is 0 Å². The molecule has 0 bridgehead atoms. The van der Waals surface area contributed by atoms with Gasteiger partial charge in [-0.1, -0.05) is 24.9 Å². The molecule has 94 valence electrons. The fourth-order valence-electron chi connectivity index (χ4n) is 1.67. The van der Waals surface area contributed by atoms with Gasteiger partial charge in [0.15, 0.2) is 5.82 Å². The average molecular weight is 282 g/mol. The molecule has 0 aromatic carbocycles. The molecule has 2 heterocycles. The zero-order valence-electron chi connectivity index (χ0n) is 10.0. The van der Waals surface area contributed by atoms with Crippen LogP contribution in [0.4, 0.5) is 0 Å². The number of rotatable bonds is 4. The summed E-state index contributed by atoms with van der Waals surface area (Å²) >= 11 is 12.0. The minimum atomic E-state index is 0.422. The van der Waals surface area contributed by atoms with Crippen molar-refractivity contribution in [3.8, 4) is 11.5 Å². The highest BCUT2D eigenvalue weighted by Gasteiger charge is 2.11. The Labute approximate surface area is 116 Å². The Morgan fingerprint density at radius 1 is 1.28 bits per heavy atom. The smallest absolute Gasteiger partial charge is 0.179 e. The van der Waals surface area contributed by atoms with Gasteiger partial charge in [0.1, 0.15) is 5.69 Å². The fourth-order valence-corrected chi connectivity index (χ4v) is 2.10. The Morgan fingerprint density at radius 2 is 2.11 bits per heavy atom. The molecular formula is C13H13Cl2N3. The molecule has 0 aliphatic carbocycles. The molecule has 18 heavy (non-hydrogen) atoms. The lowest BCUT2D eigenvalue weighted by molar-refractivity contribution is 0.858. The third-order valence-corrected chi connectivity index (χ3v) is 3.15. The summed E-state index contributed by atoms with van der Waals surface area (Å²) in [7, 11) is 0. The highest BCUT2D eigenvalue weighted by Crippen LogP contribution is 2.23. The fraction of sp³-hybridized carbons (Fsp3) is 0.308. The lowest BCUT2D eigenvalue weighted by Crippen LogP contribution is -2.01. The number of halogens is 2. The van der Waals surface area contributed by atoms with Crippen LogP contribution in [0.3, 0.4) is 0 Å². The van der Waals surface area contributed by atoms with Gasteiger partial charge in [-0.3, -0.25) is 4.98 Å². The monoisotopic (exact) mass is 281 g/mol. The number of aromatic nitrogens is 3. The van der Waals surface area contributed by atoms with Crippen LogP contribution in [0.25, 0.3) is 11.5 Å². The number of nitrogens with zero attached hydrogens (tertiary/aromatic N) is 3. The first kappa shape index (κ1) is 13.2. The van der Waals surface area contributed by atoms with E-state index < -0.39 is 0 Å². The summed E-state index contributed by atoms with van der Waals surface area (Å²) in [5, 5.41) is 0.554. The molecule has 0 saturated heterocycles. The van der Waals surface area contributed by atoms with Crippen LogP contribution in [0.5, 0.6) is 0 Å². The van der Waals surface area contributed by atoms with Gasteiger partial charge in [-0.05, 0) is 18.6 Å². The standard InChI is InChI=1S/C13H13Cl2N3/c1-2-4-11-9(7-14)8-17-13(18-11)12-10(15)5-3-6-16-12/h3,5-6,8H,2,4,7H2,1H3. The van der Waals surface area contributed by atoms with Gasteiger partial charge in [-0.15, -0.1) is 11.6 Å². The molecular weight excluding hydrogens is 269 g/mol. The first-order valence-electron chi connectivity index (χ1n) is 5.78. The Morgan fingerprint density at radius 3 is 2.78 bits per heavy atom.